The van der Waals surface area contributed by atoms with E-state index in [2.05, 4.69) is 25.9 Å². The minimum Gasteiger partial charge on any atom is -0.492 e. The molecular weight excluding hydrogens is 674 g/mol. The molecule has 0 saturated heterocycles. The average Bonchev–Trinajstić information content (AvgIpc) is 3.67. The predicted octanol–water partition coefficient (Wildman–Crippen LogP) is 0.260. The molecule has 0 fully saturated rings. The molecule has 0 spiro atoms. The normalized spacial score (nSPS) is 11.9. The highest BCUT2D eigenvalue weighted by Crippen LogP contribution is 2.28. The molecule has 20 heteroatoms. The van der Waals surface area contributed by atoms with E-state index in [1.165, 1.54) is 10.9 Å². The van der Waals surface area contributed by atoms with E-state index in [9.17, 15) is 32.7 Å². The van der Waals surface area contributed by atoms with Gasteiger partial charge in [0.1, 0.15) is 37.0 Å². The molecule has 1 unspecified atom stereocenters. The van der Waals surface area contributed by atoms with Gasteiger partial charge >= 0.3 is 11.9 Å². The molecule has 2 aromatic carbocycles. The van der Waals surface area contributed by atoms with Crippen LogP contribution in [0.5, 0.6) is 11.5 Å². The SMILES string of the molecule is NS(=O)(=O)c1nc2ccc(OCc3cn(CC(=O)NC(COCc4cccc(OCCNC(=O)CCC(=O)O)c4)C(=O)O)nn3)cc2s1. The first-order valence-electron chi connectivity index (χ1n) is 14.1. The first-order chi connectivity index (χ1) is 22.9. The molecule has 0 saturated carbocycles. The number of sulfonamides is 1. The third kappa shape index (κ3) is 11.3. The smallest absolute Gasteiger partial charge is 0.328 e. The van der Waals surface area contributed by atoms with E-state index in [0.29, 0.717) is 33.0 Å². The first-order valence-corrected chi connectivity index (χ1v) is 16.5. The van der Waals surface area contributed by atoms with Gasteiger partial charge in [-0.05, 0) is 35.9 Å². The molecule has 0 aliphatic rings. The van der Waals surface area contributed by atoms with Crippen LogP contribution in [0.4, 0.5) is 0 Å². The van der Waals surface area contributed by atoms with Gasteiger partial charge in [0.15, 0.2) is 6.04 Å². The number of primary sulfonamides is 1. The molecule has 0 radical (unpaired) electrons. The third-order valence-electron chi connectivity index (χ3n) is 6.21. The van der Waals surface area contributed by atoms with Crippen LogP contribution >= 0.6 is 11.3 Å². The number of thiazole rings is 1. The Morgan fingerprint density at radius 3 is 2.54 bits per heavy atom. The lowest BCUT2D eigenvalue weighted by atomic mass is 10.2. The molecule has 4 aromatic rings. The maximum Gasteiger partial charge on any atom is 0.328 e. The van der Waals surface area contributed by atoms with Crippen LogP contribution in [-0.4, -0.2) is 88.2 Å². The van der Waals surface area contributed by atoms with Crippen molar-refractivity contribution in [3.05, 3.63) is 59.9 Å². The molecule has 18 nitrogen and oxygen atoms in total. The number of carboxylic acids is 2. The van der Waals surface area contributed by atoms with Crippen LogP contribution in [0.3, 0.4) is 0 Å². The summed E-state index contributed by atoms with van der Waals surface area (Å²) < 4.78 is 41.5. The van der Waals surface area contributed by atoms with Gasteiger partial charge in [0, 0.05) is 6.42 Å². The number of ether oxygens (including phenoxy) is 3. The number of hydrogen-bond acceptors (Lipinski definition) is 13. The Morgan fingerprint density at radius 1 is 1.00 bits per heavy atom. The molecule has 2 amide bonds. The van der Waals surface area contributed by atoms with Crippen molar-refractivity contribution in [3.8, 4) is 11.5 Å². The zero-order chi connectivity index (χ0) is 34.7. The van der Waals surface area contributed by atoms with Gasteiger partial charge in [-0.3, -0.25) is 14.4 Å². The van der Waals surface area contributed by atoms with Gasteiger partial charge < -0.3 is 35.1 Å². The van der Waals surface area contributed by atoms with Crippen LogP contribution in [0.25, 0.3) is 10.2 Å². The first kappa shape index (κ1) is 35.7. The number of amides is 2. The van der Waals surface area contributed by atoms with Gasteiger partial charge in [-0.25, -0.2) is 28.0 Å². The summed E-state index contributed by atoms with van der Waals surface area (Å²) in [5.74, 6) is -2.50. The third-order valence-corrected chi connectivity index (χ3v) is 8.54. The van der Waals surface area contributed by atoms with Crippen LogP contribution in [0, 0.1) is 0 Å². The van der Waals surface area contributed by atoms with Crippen molar-refractivity contribution in [2.75, 3.05) is 19.8 Å². The molecule has 2 heterocycles. The van der Waals surface area contributed by atoms with Crippen molar-refractivity contribution in [2.45, 2.75) is 43.0 Å². The van der Waals surface area contributed by atoms with E-state index in [1.807, 2.05) is 0 Å². The van der Waals surface area contributed by atoms with E-state index in [1.54, 1.807) is 42.5 Å². The zero-order valence-electron chi connectivity index (χ0n) is 25.1. The van der Waals surface area contributed by atoms with Crippen molar-refractivity contribution in [3.63, 3.8) is 0 Å². The Labute approximate surface area is 276 Å². The van der Waals surface area contributed by atoms with E-state index >= 15 is 0 Å². The average molecular weight is 706 g/mol. The molecule has 256 valence electrons. The Bertz CT molecular complexity index is 1880. The van der Waals surface area contributed by atoms with Crippen LogP contribution in [0.1, 0.15) is 24.1 Å². The number of aliphatic carboxylic acids is 2. The Morgan fingerprint density at radius 2 is 1.79 bits per heavy atom. The van der Waals surface area contributed by atoms with Crippen LogP contribution in [-0.2, 0) is 53.7 Å². The lowest BCUT2D eigenvalue weighted by Crippen LogP contribution is -2.45. The second-order valence-corrected chi connectivity index (χ2v) is 12.8. The molecular formula is C28H31N7O11S2. The maximum absolute atomic E-state index is 12.5. The minimum absolute atomic E-state index is 0.0169. The molecule has 0 aliphatic carbocycles. The topological polar surface area (TPSA) is 264 Å². The van der Waals surface area contributed by atoms with Crippen molar-refractivity contribution in [1.82, 2.24) is 30.6 Å². The lowest BCUT2D eigenvalue weighted by Gasteiger charge is -2.15. The highest BCUT2D eigenvalue weighted by atomic mass is 32.2. The van der Waals surface area contributed by atoms with E-state index in [4.69, 9.17) is 24.5 Å². The van der Waals surface area contributed by atoms with Gasteiger partial charge in [-0.15, -0.1) is 16.4 Å². The lowest BCUT2D eigenvalue weighted by molar-refractivity contribution is -0.144. The molecule has 0 bridgehead atoms. The standard InChI is InChI=1S/C28H31N7O11S2/c29-48(42,43)28-32-21-5-4-20(11-23(21)47-28)46-15-18-12-35(34-33-18)13-25(37)31-22(27(40)41)16-44-14-17-2-1-3-19(10-17)45-9-8-30-24(36)6-7-26(38)39/h1-5,10-12,22H,6-9,13-16H2,(H,30,36)(H,31,37)(H,38,39)(H,40,41)(H2,29,42,43). The number of carboxylic acid groups (broad SMARTS) is 2. The van der Waals surface area contributed by atoms with Crippen molar-refractivity contribution in [2.24, 2.45) is 5.14 Å². The molecule has 2 aromatic heterocycles. The van der Waals surface area contributed by atoms with E-state index in [-0.39, 0.29) is 56.7 Å². The fourth-order valence-electron chi connectivity index (χ4n) is 3.98. The summed E-state index contributed by atoms with van der Waals surface area (Å²) in [7, 11) is -3.93. The van der Waals surface area contributed by atoms with E-state index < -0.39 is 39.8 Å². The van der Waals surface area contributed by atoms with Gasteiger partial charge in [-0.2, -0.15) is 0 Å². The van der Waals surface area contributed by atoms with E-state index in [0.717, 1.165) is 11.3 Å². The Balaban J connectivity index is 1.19. The maximum atomic E-state index is 12.5. The van der Waals surface area contributed by atoms with Gasteiger partial charge in [-0.1, -0.05) is 17.3 Å². The molecule has 6 N–H and O–H groups in total. The molecule has 48 heavy (non-hydrogen) atoms. The van der Waals surface area contributed by atoms with Gasteiger partial charge in [0.25, 0.3) is 10.0 Å². The Kier molecular flexibility index (Phi) is 12.3. The number of rotatable bonds is 19. The largest absolute Gasteiger partial charge is 0.492 e. The summed E-state index contributed by atoms with van der Waals surface area (Å²) in [5, 5.41) is 36.1. The monoisotopic (exact) mass is 705 g/mol. The fourth-order valence-corrected chi connectivity index (χ4v) is 5.67. The highest BCUT2D eigenvalue weighted by molar-refractivity contribution is 7.91. The minimum atomic E-state index is -3.93. The van der Waals surface area contributed by atoms with Crippen LogP contribution in [0.2, 0.25) is 0 Å². The van der Waals surface area contributed by atoms with Crippen molar-refractivity contribution >= 4 is 55.3 Å². The van der Waals surface area contributed by atoms with Crippen LogP contribution in [0.15, 0.2) is 53.0 Å². The summed E-state index contributed by atoms with van der Waals surface area (Å²) in [6.07, 6.45) is 1.08. The molecule has 4 rings (SSSR count). The van der Waals surface area contributed by atoms with Crippen molar-refractivity contribution in [1.29, 1.82) is 0 Å². The number of fused-ring (bicyclic) bond motifs is 1. The quantitative estimate of drug-likeness (QED) is 0.0820. The molecule has 1 atom stereocenters. The summed E-state index contributed by atoms with van der Waals surface area (Å²) in [6.45, 7) is -0.309. The fraction of sp³-hybridized carbons (Fsp3) is 0.321. The van der Waals surface area contributed by atoms with Crippen molar-refractivity contribution < 1.29 is 52.0 Å². The number of hydrogen-bond donors (Lipinski definition) is 5. The summed E-state index contributed by atoms with van der Waals surface area (Å²) >= 11 is 0.908. The second-order valence-electron chi connectivity index (χ2n) is 10.1. The summed E-state index contributed by atoms with van der Waals surface area (Å²) in [6, 6.07) is 10.3. The highest BCUT2D eigenvalue weighted by Gasteiger charge is 2.21. The number of nitrogens with zero attached hydrogens (tertiary/aromatic N) is 4. The van der Waals surface area contributed by atoms with Crippen LogP contribution < -0.4 is 25.2 Å². The number of benzene rings is 2. The summed E-state index contributed by atoms with van der Waals surface area (Å²) in [5.41, 5.74) is 1.50. The second kappa shape index (κ2) is 16.6. The molecule has 0 aliphatic heterocycles. The van der Waals surface area contributed by atoms with Gasteiger partial charge in [0.2, 0.25) is 16.2 Å². The number of nitrogens with one attached hydrogen (secondary N) is 2. The Hall–Kier alpha value is -5.18. The number of aromatic nitrogens is 4. The van der Waals surface area contributed by atoms with Gasteiger partial charge in [0.05, 0.1) is 42.6 Å². The predicted molar refractivity (Wildman–Crippen MR) is 166 cm³/mol. The zero-order valence-corrected chi connectivity index (χ0v) is 26.7. The number of nitrogens with two attached hydrogens (primary N) is 1. The number of carbonyl (C=O) groups excluding carboxylic acids is 2. The number of carbonyl (C=O) groups is 4. The summed E-state index contributed by atoms with van der Waals surface area (Å²) in [4.78, 5) is 50.4.